The molecule has 0 radical (unpaired) electrons. The molecular weight excluding hydrogens is 267 g/mol. The largest absolute Gasteiger partial charge is 0.329 e. The number of carbonyl (C=O) groups is 1. The van der Waals surface area contributed by atoms with Crippen LogP contribution in [0.5, 0.6) is 0 Å². The van der Waals surface area contributed by atoms with Crippen LogP contribution in [0.2, 0.25) is 0 Å². The Morgan fingerprint density at radius 1 is 1.32 bits per heavy atom. The summed E-state index contributed by atoms with van der Waals surface area (Å²) in [6.45, 7) is 0.386. The highest BCUT2D eigenvalue weighted by Gasteiger charge is 2.41. The van der Waals surface area contributed by atoms with Gasteiger partial charge in [0, 0.05) is 19.3 Å². The van der Waals surface area contributed by atoms with Crippen molar-refractivity contribution in [2.75, 3.05) is 18.5 Å². The first-order valence-electron chi connectivity index (χ1n) is 6.33. The van der Waals surface area contributed by atoms with E-state index in [-0.39, 0.29) is 24.1 Å². The number of nitrogens with zero attached hydrogens (tertiary/aromatic N) is 1. The smallest absolute Gasteiger partial charge is 0.234 e. The third-order valence-electron chi connectivity index (χ3n) is 3.92. The van der Waals surface area contributed by atoms with Crippen LogP contribution in [0.1, 0.15) is 25.7 Å². The van der Waals surface area contributed by atoms with Crippen molar-refractivity contribution < 1.29 is 9.18 Å². The summed E-state index contributed by atoms with van der Waals surface area (Å²) in [4.78, 5) is 14.1. The Bertz CT molecular complexity index is 430. The monoisotopic (exact) mass is 286 g/mol. The molecule has 5 heteroatoms. The molecule has 106 valence electrons. The second-order valence-electron chi connectivity index (χ2n) is 5.03. The summed E-state index contributed by atoms with van der Waals surface area (Å²) in [7, 11) is 1.73. The van der Waals surface area contributed by atoms with Crippen LogP contribution in [0.25, 0.3) is 0 Å². The number of rotatable bonds is 3. The van der Waals surface area contributed by atoms with Crippen molar-refractivity contribution in [3.05, 3.63) is 30.1 Å². The molecule has 2 rings (SSSR count). The average molecular weight is 287 g/mol. The van der Waals surface area contributed by atoms with Gasteiger partial charge in [-0.3, -0.25) is 4.79 Å². The quantitative estimate of drug-likeness (QED) is 0.929. The molecule has 1 saturated carbocycles. The average Bonchev–Trinajstić information content (AvgIpc) is 2.88. The number of anilines is 1. The predicted octanol–water partition coefficient (Wildman–Crippen LogP) is 2.73. The van der Waals surface area contributed by atoms with E-state index in [1.807, 2.05) is 0 Å². The van der Waals surface area contributed by atoms with Crippen molar-refractivity contribution in [1.82, 2.24) is 0 Å². The molecule has 1 aromatic rings. The van der Waals surface area contributed by atoms with Crippen LogP contribution < -0.4 is 10.6 Å². The first-order valence-corrected chi connectivity index (χ1v) is 6.33. The van der Waals surface area contributed by atoms with Crippen LogP contribution in [0.15, 0.2) is 24.3 Å². The lowest BCUT2D eigenvalue weighted by Crippen LogP contribution is -2.45. The summed E-state index contributed by atoms with van der Waals surface area (Å²) in [6.07, 6.45) is 3.82. The highest BCUT2D eigenvalue weighted by Crippen LogP contribution is 2.39. The molecule has 3 nitrogen and oxygen atoms in total. The zero-order valence-electron chi connectivity index (χ0n) is 11.1. The van der Waals surface area contributed by atoms with Gasteiger partial charge < -0.3 is 10.6 Å². The molecule has 0 aromatic heterocycles. The summed E-state index contributed by atoms with van der Waals surface area (Å²) >= 11 is 0. The number of nitrogens with two attached hydrogens (primary N) is 1. The van der Waals surface area contributed by atoms with Crippen molar-refractivity contribution in [1.29, 1.82) is 0 Å². The number of carbonyl (C=O) groups excluding carboxylic acids is 1. The topological polar surface area (TPSA) is 46.3 Å². The first kappa shape index (κ1) is 15.9. The van der Waals surface area contributed by atoms with Gasteiger partial charge in [-0.15, -0.1) is 12.4 Å². The Hall–Kier alpha value is -1.13. The van der Waals surface area contributed by atoms with Gasteiger partial charge in [0.15, 0.2) is 0 Å². The fourth-order valence-corrected chi connectivity index (χ4v) is 2.69. The fourth-order valence-electron chi connectivity index (χ4n) is 2.69. The van der Waals surface area contributed by atoms with Crippen LogP contribution in [-0.2, 0) is 4.79 Å². The van der Waals surface area contributed by atoms with Gasteiger partial charge in [0.05, 0.1) is 5.41 Å². The molecule has 2 N–H and O–H groups in total. The molecule has 0 bridgehead atoms. The molecule has 1 aromatic carbocycles. The molecule has 0 atom stereocenters. The standard InChI is InChI=1S/C14H19FN2O.ClH/c1-17(12-6-4-11(15)5-7-12)13(18)14(10-16)8-2-3-9-14;/h4-7H,2-3,8-10,16H2,1H3;1H. The maximum atomic E-state index is 12.9. The van der Waals surface area contributed by atoms with Crippen molar-refractivity contribution in [2.24, 2.45) is 11.1 Å². The third-order valence-corrected chi connectivity index (χ3v) is 3.92. The lowest BCUT2D eigenvalue weighted by Gasteiger charge is -2.31. The van der Waals surface area contributed by atoms with Crippen molar-refractivity contribution in [3.63, 3.8) is 0 Å². The first-order chi connectivity index (χ1) is 8.59. The van der Waals surface area contributed by atoms with Gasteiger partial charge in [0.1, 0.15) is 5.82 Å². The Morgan fingerprint density at radius 2 is 1.84 bits per heavy atom. The van der Waals surface area contributed by atoms with Gasteiger partial charge in [0.2, 0.25) is 5.91 Å². The predicted molar refractivity (Wildman–Crippen MR) is 77.0 cm³/mol. The zero-order chi connectivity index (χ0) is 13.2. The Kier molecular flexibility index (Phi) is 5.32. The van der Waals surface area contributed by atoms with Crippen LogP contribution in [0.3, 0.4) is 0 Å². The molecule has 0 heterocycles. The number of amides is 1. The molecule has 1 fully saturated rings. The van der Waals surface area contributed by atoms with E-state index < -0.39 is 5.41 Å². The zero-order valence-corrected chi connectivity index (χ0v) is 11.9. The minimum atomic E-state index is -0.414. The van der Waals surface area contributed by atoms with Crippen molar-refractivity contribution >= 4 is 24.0 Å². The Morgan fingerprint density at radius 3 is 2.32 bits per heavy atom. The minimum absolute atomic E-state index is 0. The van der Waals surface area contributed by atoms with Gasteiger partial charge in [-0.1, -0.05) is 12.8 Å². The second kappa shape index (κ2) is 6.35. The van der Waals surface area contributed by atoms with E-state index in [2.05, 4.69) is 0 Å². The summed E-state index contributed by atoms with van der Waals surface area (Å²) < 4.78 is 12.9. The summed E-state index contributed by atoms with van der Waals surface area (Å²) in [6, 6.07) is 5.96. The normalized spacial score (nSPS) is 16.8. The van der Waals surface area contributed by atoms with Crippen molar-refractivity contribution in [2.45, 2.75) is 25.7 Å². The summed E-state index contributed by atoms with van der Waals surface area (Å²) in [5.74, 6) is -0.247. The van der Waals surface area contributed by atoms with Crippen LogP contribution >= 0.6 is 12.4 Å². The van der Waals surface area contributed by atoms with Crippen LogP contribution in [0.4, 0.5) is 10.1 Å². The van der Waals surface area contributed by atoms with Gasteiger partial charge in [-0.05, 0) is 37.1 Å². The molecule has 1 aliphatic rings. The highest BCUT2D eigenvalue weighted by molar-refractivity contribution is 5.97. The van der Waals surface area contributed by atoms with E-state index in [0.29, 0.717) is 12.2 Å². The molecular formula is C14H20ClFN2O. The van der Waals surface area contributed by atoms with Gasteiger partial charge >= 0.3 is 0 Å². The molecule has 1 amide bonds. The summed E-state index contributed by atoms with van der Waals surface area (Å²) in [5, 5.41) is 0. The Balaban J connectivity index is 0.00000180. The van der Waals surface area contributed by atoms with E-state index in [1.165, 1.54) is 12.1 Å². The lowest BCUT2D eigenvalue weighted by atomic mass is 9.84. The van der Waals surface area contributed by atoms with Gasteiger partial charge in [0.25, 0.3) is 0 Å². The number of halogens is 2. The Labute approximate surface area is 119 Å². The fraction of sp³-hybridized carbons (Fsp3) is 0.500. The molecule has 0 spiro atoms. The maximum absolute atomic E-state index is 12.9. The SMILES string of the molecule is CN(C(=O)C1(CN)CCCC1)c1ccc(F)cc1.Cl. The molecule has 0 unspecified atom stereocenters. The number of hydrogen-bond donors (Lipinski definition) is 1. The molecule has 1 aliphatic carbocycles. The molecule has 0 aliphatic heterocycles. The van der Waals surface area contributed by atoms with Gasteiger partial charge in [-0.2, -0.15) is 0 Å². The van der Waals surface area contributed by atoms with E-state index in [9.17, 15) is 9.18 Å². The van der Waals surface area contributed by atoms with Crippen molar-refractivity contribution in [3.8, 4) is 0 Å². The van der Waals surface area contributed by atoms with Gasteiger partial charge in [-0.25, -0.2) is 4.39 Å². The maximum Gasteiger partial charge on any atom is 0.234 e. The second-order valence-corrected chi connectivity index (χ2v) is 5.03. The van der Waals surface area contributed by atoms with Crippen LogP contribution in [-0.4, -0.2) is 19.5 Å². The van der Waals surface area contributed by atoms with E-state index >= 15 is 0 Å². The summed E-state index contributed by atoms with van der Waals surface area (Å²) in [5.41, 5.74) is 6.10. The third kappa shape index (κ3) is 3.07. The number of benzene rings is 1. The van der Waals surface area contributed by atoms with E-state index in [0.717, 1.165) is 25.7 Å². The highest BCUT2D eigenvalue weighted by atomic mass is 35.5. The van der Waals surface area contributed by atoms with E-state index in [1.54, 1.807) is 24.1 Å². The molecule has 19 heavy (non-hydrogen) atoms. The lowest BCUT2D eigenvalue weighted by molar-refractivity contribution is -0.127. The van der Waals surface area contributed by atoms with E-state index in [4.69, 9.17) is 5.73 Å². The van der Waals surface area contributed by atoms with Crippen LogP contribution in [0, 0.1) is 11.2 Å². The minimum Gasteiger partial charge on any atom is -0.329 e. The number of hydrogen-bond acceptors (Lipinski definition) is 2. The molecule has 0 saturated heterocycles.